The summed E-state index contributed by atoms with van der Waals surface area (Å²) in [5, 5.41) is 0. The van der Waals surface area contributed by atoms with Crippen LogP contribution in [0.25, 0.3) is 0 Å². The Morgan fingerprint density at radius 3 is 2.80 bits per heavy atom. The fourth-order valence-corrected chi connectivity index (χ4v) is 1.34. The molecule has 15 heavy (non-hydrogen) atoms. The van der Waals surface area contributed by atoms with Crippen molar-refractivity contribution in [3.8, 4) is 0 Å². The zero-order valence-corrected chi connectivity index (χ0v) is 10.2. The van der Waals surface area contributed by atoms with Crippen molar-refractivity contribution in [2.24, 2.45) is 0 Å². The van der Waals surface area contributed by atoms with Gasteiger partial charge in [-0.05, 0) is 34.0 Å². The summed E-state index contributed by atoms with van der Waals surface area (Å²) in [4.78, 5) is 4.39. The summed E-state index contributed by atoms with van der Waals surface area (Å²) in [6.07, 6.45) is 6.29. The van der Waals surface area contributed by atoms with E-state index in [1.807, 2.05) is 0 Å². The van der Waals surface area contributed by atoms with Crippen molar-refractivity contribution in [1.82, 2.24) is 9.80 Å². The van der Waals surface area contributed by atoms with E-state index < -0.39 is 0 Å². The molecule has 0 saturated carbocycles. The average molecular weight is 210 g/mol. The zero-order valence-electron chi connectivity index (χ0n) is 10.2. The number of ether oxygens (including phenoxy) is 1. The summed E-state index contributed by atoms with van der Waals surface area (Å²) in [6, 6.07) is 0.530. The molecule has 0 amide bonds. The van der Waals surface area contributed by atoms with Gasteiger partial charge in [-0.3, -0.25) is 0 Å². The summed E-state index contributed by atoms with van der Waals surface area (Å²) < 4.78 is 5.67. The van der Waals surface area contributed by atoms with Gasteiger partial charge >= 0.3 is 0 Å². The molecule has 3 nitrogen and oxygen atoms in total. The van der Waals surface area contributed by atoms with Gasteiger partial charge in [-0.1, -0.05) is 6.08 Å². The van der Waals surface area contributed by atoms with E-state index in [0.29, 0.717) is 6.04 Å². The average Bonchev–Trinajstić information content (AvgIpc) is 2.17. The van der Waals surface area contributed by atoms with Crippen LogP contribution in [0.1, 0.15) is 13.8 Å². The number of hydrogen-bond donors (Lipinski definition) is 0. The molecule has 3 heteroatoms. The first-order valence-electron chi connectivity index (χ1n) is 5.51. The van der Waals surface area contributed by atoms with Gasteiger partial charge in [0.05, 0.1) is 0 Å². The predicted octanol–water partition coefficient (Wildman–Crippen LogP) is 1.69. The minimum atomic E-state index is 0.530. The van der Waals surface area contributed by atoms with E-state index in [9.17, 15) is 0 Å². The van der Waals surface area contributed by atoms with Crippen molar-refractivity contribution in [3.05, 3.63) is 24.1 Å². The van der Waals surface area contributed by atoms with Crippen molar-refractivity contribution in [1.29, 1.82) is 0 Å². The Morgan fingerprint density at radius 2 is 2.20 bits per heavy atom. The third-order valence-electron chi connectivity index (χ3n) is 2.36. The van der Waals surface area contributed by atoms with Crippen LogP contribution < -0.4 is 0 Å². The van der Waals surface area contributed by atoms with E-state index in [0.717, 1.165) is 25.5 Å². The Morgan fingerprint density at radius 1 is 1.47 bits per heavy atom. The van der Waals surface area contributed by atoms with Gasteiger partial charge in [-0.15, -0.1) is 0 Å². The fraction of sp³-hybridized carbons (Fsp3) is 0.667. The Hall–Kier alpha value is -0.960. The molecule has 0 N–H and O–H groups in total. The summed E-state index contributed by atoms with van der Waals surface area (Å²) in [6.45, 7) is 7.06. The van der Waals surface area contributed by atoms with Gasteiger partial charge in [0, 0.05) is 25.3 Å². The van der Waals surface area contributed by atoms with E-state index in [-0.39, 0.29) is 0 Å². The number of nitrogens with zero attached hydrogens (tertiary/aromatic N) is 2. The smallest absolute Gasteiger partial charge is 0.134 e. The van der Waals surface area contributed by atoms with Crippen LogP contribution in [-0.2, 0) is 4.74 Å². The number of rotatable bonds is 5. The largest absolute Gasteiger partial charge is 0.491 e. The summed E-state index contributed by atoms with van der Waals surface area (Å²) in [7, 11) is 4.10. The van der Waals surface area contributed by atoms with Gasteiger partial charge in [0.1, 0.15) is 12.4 Å². The quantitative estimate of drug-likeness (QED) is 0.686. The second-order valence-electron chi connectivity index (χ2n) is 4.38. The molecular formula is C12H22N2O. The highest BCUT2D eigenvalue weighted by Crippen LogP contribution is 2.11. The van der Waals surface area contributed by atoms with Crippen LogP contribution in [0.3, 0.4) is 0 Å². The lowest BCUT2D eigenvalue weighted by Gasteiger charge is -2.27. The van der Waals surface area contributed by atoms with Crippen molar-refractivity contribution in [2.45, 2.75) is 19.9 Å². The molecule has 0 fully saturated rings. The molecule has 0 aromatic carbocycles. The van der Waals surface area contributed by atoms with Crippen molar-refractivity contribution in [3.63, 3.8) is 0 Å². The van der Waals surface area contributed by atoms with Crippen molar-refractivity contribution >= 4 is 0 Å². The molecule has 1 rings (SSSR count). The minimum Gasteiger partial charge on any atom is -0.491 e. The van der Waals surface area contributed by atoms with Gasteiger partial charge in [0.25, 0.3) is 0 Å². The first kappa shape index (κ1) is 12.1. The van der Waals surface area contributed by atoms with Crippen LogP contribution in [-0.4, -0.2) is 49.6 Å². The third-order valence-corrected chi connectivity index (χ3v) is 2.36. The molecule has 0 aromatic heterocycles. The molecule has 0 atom stereocenters. The van der Waals surface area contributed by atoms with Crippen molar-refractivity contribution in [2.75, 3.05) is 33.8 Å². The van der Waals surface area contributed by atoms with E-state index >= 15 is 0 Å². The normalized spacial score (nSPS) is 16.1. The lowest BCUT2D eigenvalue weighted by Crippen LogP contribution is -2.28. The topological polar surface area (TPSA) is 15.7 Å². The molecule has 0 bridgehead atoms. The van der Waals surface area contributed by atoms with Gasteiger partial charge in [0.15, 0.2) is 0 Å². The maximum Gasteiger partial charge on any atom is 0.134 e. The van der Waals surface area contributed by atoms with Crippen LogP contribution in [0.4, 0.5) is 0 Å². The van der Waals surface area contributed by atoms with Gasteiger partial charge < -0.3 is 14.5 Å². The van der Waals surface area contributed by atoms with Crippen molar-refractivity contribution < 1.29 is 4.74 Å². The Labute approximate surface area is 93.0 Å². The zero-order chi connectivity index (χ0) is 11.3. The molecule has 0 aliphatic carbocycles. The third kappa shape index (κ3) is 4.38. The summed E-state index contributed by atoms with van der Waals surface area (Å²) >= 11 is 0. The Bertz CT molecular complexity index is 244. The fourth-order valence-electron chi connectivity index (χ4n) is 1.34. The second-order valence-corrected chi connectivity index (χ2v) is 4.38. The van der Waals surface area contributed by atoms with Crippen LogP contribution in [0.15, 0.2) is 24.1 Å². The molecule has 0 saturated heterocycles. The van der Waals surface area contributed by atoms with Crippen LogP contribution in [0.5, 0.6) is 0 Å². The van der Waals surface area contributed by atoms with Crippen LogP contribution >= 0.6 is 0 Å². The van der Waals surface area contributed by atoms with Gasteiger partial charge in [-0.2, -0.15) is 0 Å². The Balaban J connectivity index is 2.37. The number of likely N-dealkylation sites (N-methyl/N-ethyl adjacent to an activating group) is 1. The second kappa shape index (κ2) is 5.81. The highest BCUT2D eigenvalue weighted by molar-refractivity contribution is 5.16. The molecule has 0 spiro atoms. The molecule has 0 aromatic rings. The molecule has 86 valence electrons. The van der Waals surface area contributed by atoms with Crippen LogP contribution in [0, 0.1) is 0 Å². The molecule has 0 unspecified atom stereocenters. The first-order valence-corrected chi connectivity index (χ1v) is 5.51. The maximum absolute atomic E-state index is 5.67. The van der Waals surface area contributed by atoms with E-state index in [4.69, 9.17) is 4.74 Å². The SMILES string of the molecule is CC(C)N1C=C(OCCN(C)C)C=CC1. The lowest BCUT2D eigenvalue weighted by atomic mass is 10.2. The standard InChI is InChI=1S/C12H22N2O/c1-11(2)14-7-5-6-12(10-14)15-9-8-13(3)4/h5-6,10-11H,7-9H2,1-4H3. The van der Waals surface area contributed by atoms with Crippen LogP contribution in [0.2, 0.25) is 0 Å². The van der Waals surface area contributed by atoms with E-state index in [2.05, 4.69) is 56.1 Å². The monoisotopic (exact) mass is 210 g/mol. The summed E-state index contributed by atoms with van der Waals surface area (Å²) in [5.74, 6) is 0.969. The lowest BCUT2D eigenvalue weighted by molar-refractivity contribution is 0.181. The molecule has 1 aliphatic heterocycles. The van der Waals surface area contributed by atoms with Gasteiger partial charge in [-0.25, -0.2) is 0 Å². The highest BCUT2D eigenvalue weighted by Gasteiger charge is 2.08. The number of allylic oxidation sites excluding steroid dienone is 1. The minimum absolute atomic E-state index is 0.530. The van der Waals surface area contributed by atoms with Gasteiger partial charge in [0.2, 0.25) is 0 Å². The molecule has 0 radical (unpaired) electrons. The predicted molar refractivity (Wildman–Crippen MR) is 63.6 cm³/mol. The summed E-state index contributed by atoms with van der Waals surface area (Å²) in [5.41, 5.74) is 0. The molecule has 1 aliphatic rings. The van der Waals surface area contributed by atoms with E-state index in [1.54, 1.807) is 0 Å². The molecule has 1 heterocycles. The highest BCUT2D eigenvalue weighted by atomic mass is 16.5. The number of hydrogen-bond acceptors (Lipinski definition) is 3. The molecular weight excluding hydrogens is 188 g/mol. The maximum atomic E-state index is 5.67. The van der Waals surface area contributed by atoms with E-state index in [1.165, 1.54) is 0 Å². The Kier molecular flexibility index (Phi) is 4.69. The first-order chi connectivity index (χ1) is 7.09.